The summed E-state index contributed by atoms with van der Waals surface area (Å²) in [6, 6.07) is 5.78. The highest BCUT2D eigenvalue weighted by Crippen LogP contribution is 2.20. The van der Waals surface area contributed by atoms with Crippen molar-refractivity contribution in [3.63, 3.8) is 0 Å². The van der Waals surface area contributed by atoms with E-state index in [1.165, 1.54) is 0 Å². The summed E-state index contributed by atoms with van der Waals surface area (Å²) in [6.45, 7) is 3.72. The molecule has 0 saturated carbocycles. The molecule has 0 radical (unpaired) electrons. The largest absolute Gasteiger partial charge is 0.398 e. The van der Waals surface area contributed by atoms with Crippen molar-refractivity contribution in [1.29, 1.82) is 0 Å². The first-order valence-corrected chi connectivity index (χ1v) is 5.86. The van der Waals surface area contributed by atoms with Gasteiger partial charge in [-0.25, -0.2) is 0 Å². The lowest BCUT2D eigenvalue weighted by Crippen LogP contribution is -2.33. The van der Waals surface area contributed by atoms with E-state index in [1.807, 2.05) is 30.0 Å². The van der Waals surface area contributed by atoms with Gasteiger partial charge in [0.2, 0.25) is 5.91 Å². The van der Waals surface area contributed by atoms with E-state index in [4.69, 9.17) is 11.5 Å². The molecule has 16 heavy (non-hydrogen) atoms. The molecule has 88 valence electrons. The van der Waals surface area contributed by atoms with Crippen LogP contribution in [-0.4, -0.2) is 23.9 Å². The smallest absolute Gasteiger partial charge is 0.231 e. The van der Waals surface area contributed by atoms with Crippen LogP contribution in [0.2, 0.25) is 0 Å². The van der Waals surface area contributed by atoms with E-state index >= 15 is 0 Å². The molecule has 0 atom stereocenters. The molecule has 1 amide bonds. The number of rotatable bonds is 5. The van der Waals surface area contributed by atoms with Crippen molar-refractivity contribution in [2.75, 3.05) is 18.8 Å². The van der Waals surface area contributed by atoms with Crippen LogP contribution in [0.25, 0.3) is 0 Å². The quantitative estimate of drug-likeness (QED) is 0.802. The molecule has 0 bridgehead atoms. The monoisotopic (exact) mass is 285 g/mol. The van der Waals surface area contributed by atoms with Gasteiger partial charge in [0.05, 0.1) is 6.54 Å². The zero-order valence-electron chi connectivity index (χ0n) is 9.24. The number of carbonyl (C=O) groups excluding carboxylic acids is 1. The van der Waals surface area contributed by atoms with Gasteiger partial charge in [0, 0.05) is 16.7 Å². The summed E-state index contributed by atoms with van der Waals surface area (Å²) in [7, 11) is 0. The molecule has 5 heteroatoms. The van der Waals surface area contributed by atoms with Crippen LogP contribution in [0, 0.1) is 0 Å². The van der Waals surface area contributed by atoms with Gasteiger partial charge in [-0.15, -0.1) is 0 Å². The molecule has 4 N–H and O–H groups in total. The Morgan fingerprint density at radius 2 is 2.19 bits per heavy atom. The predicted molar refractivity (Wildman–Crippen MR) is 68.7 cm³/mol. The van der Waals surface area contributed by atoms with Crippen LogP contribution in [0.15, 0.2) is 22.7 Å². The highest BCUT2D eigenvalue weighted by atomic mass is 79.9. The third kappa shape index (κ3) is 3.83. The van der Waals surface area contributed by atoms with Crippen molar-refractivity contribution in [1.82, 2.24) is 4.90 Å². The molecular weight excluding hydrogens is 270 g/mol. The fourth-order valence-electron chi connectivity index (χ4n) is 1.45. The summed E-state index contributed by atoms with van der Waals surface area (Å²) in [4.78, 5) is 12.8. The van der Waals surface area contributed by atoms with E-state index in [-0.39, 0.29) is 12.5 Å². The minimum absolute atomic E-state index is 0.270. The van der Waals surface area contributed by atoms with Crippen LogP contribution in [0.4, 0.5) is 5.69 Å². The molecule has 0 aliphatic carbocycles. The Balaban J connectivity index is 2.70. The van der Waals surface area contributed by atoms with E-state index in [2.05, 4.69) is 15.9 Å². The Bertz CT molecular complexity index is 381. The van der Waals surface area contributed by atoms with Gasteiger partial charge in [0.15, 0.2) is 0 Å². The average Bonchev–Trinajstić information content (AvgIpc) is 2.22. The van der Waals surface area contributed by atoms with Gasteiger partial charge in [-0.05, 0) is 40.2 Å². The van der Waals surface area contributed by atoms with Crippen molar-refractivity contribution >= 4 is 27.5 Å². The van der Waals surface area contributed by atoms with Crippen LogP contribution in [0.1, 0.15) is 12.5 Å². The van der Waals surface area contributed by atoms with Gasteiger partial charge in [-0.1, -0.05) is 13.0 Å². The number of hydrogen-bond acceptors (Lipinski definition) is 3. The first-order chi connectivity index (χ1) is 7.52. The Morgan fingerprint density at radius 3 is 2.69 bits per heavy atom. The number of nitrogens with zero attached hydrogens (tertiary/aromatic N) is 1. The Morgan fingerprint density at radius 1 is 1.50 bits per heavy atom. The molecule has 0 aromatic heterocycles. The van der Waals surface area contributed by atoms with Crippen molar-refractivity contribution in [3.05, 3.63) is 28.2 Å². The second-order valence-corrected chi connectivity index (χ2v) is 4.48. The van der Waals surface area contributed by atoms with Gasteiger partial charge in [0.25, 0.3) is 0 Å². The molecular formula is C11H16BrN3O. The Hall–Kier alpha value is -1.07. The lowest BCUT2D eigenvalue weighted by atomic mass is 10.2. The number of carbonyl (C=O) groups is 1. The topological polar surface area (TPSA) is 72.3 Å². The normalized spacial score (nSPS) is 10.7. The minimum atomic E-state index is -0.313. The summed E-state index contributed by atoms with van der Waals surface area (Å²) < 4.78 is 0.884. The lowest BCUT2D eigenvalue weighted by molar-refractivity contribution is -0.119. The number of nitrogen functional groups attached to an aromatic ring is 1. The van der Waals surface area contributed by atoms with Gasteiger partial charge < -0.3 is 11.5 Å². The molecule has 1 aromatic rings. The number of benzene rings is 1. The number of likely N-dealkylation sites (N-methyl/N-ethyl adjacent to an activating group) is 1. The van der Waals surface area contributed by atoms with Crippen molar-refractivity contribution in [3.8, 4) is 0 Å². The first kappa shape index (κ1) is 13.0. The molecule has 0 fully saturated rings. The lowest BCUT2D eigenvalue weighted by Gasteiger charge is -2.18. The maximum Gasteiger partial charge on any atom is 0.231 e. The third-order valence-electron chi connectivity index (χ3n) is 2.29. The predicted octanol–water partition coefficient (Wildman–Crippen LogP) is 1.34. The second-order valence-electron chi connectivity index (χ2n) is 3.63. The van der Waals surface area contributed by atoms with E-state index in [9.17, 15) is 4.79 Å². The highest BCUT2D eigenvalue weighted by Gasteiger charge is 2.07. The number of amides is 1. The molecule has 0 unspecified atom stereocenters. The summed E-state index contributed by atoms with van der Waals surface area (Å²) in [6.07, 6.45) is 0. The molecule has 4 nitrogen and oxygen atoms in total. The standard InChI is InChI=1S/C11H16BrN3O/c1-2-15(7-11(14)16)6-8-3-4-9(12)10(13)5-8/h3-5H,2,6-7,13H2,1H3,(H2,14,16). The Labute approximate surface area is 104 Å². The minimum Gasteiger partial charge on any atom is -0.398 e. The van der Waals surface area contributed by atoms with Gasteiger partial charge >= 0.3 is 0 Å². The van der Waals surface area contributed by atoms with E-state index in [0.29, 0.717) is 12.2 Å². The second kappa shape index (κ2) is 5.86. The molecule has 0 aliphatic heterocycles. The SMILES string of the molecule is CCN(CC(N)=O)Cc1ccc(Br)c(N)c1. The fourth-order valence-corrected chi connectivity index (χ4v) is 1.70. The summed E-state index contributed by atoms with van der Waals surface area (Å²) in [5.74, 6) is -0.313. The summed E-state index contributed by atoms with van der Waals surface area (Å²) >= 11 is 3.34. The first-order valence-electron chi connectivity index (χ1n) is 5.07. The van der Waals surface area contributed by atoms with E-state index < -0.39 is 0 Å². The number of primary amides is 1. The zero-order chi connectivity index (χ0) is 12.1. The maximum atomic E-state index is 10.8. The molecule has 0 saturated heterocycles. The van der Waals surface area contributed by atoms with Crippen molar-refractivity contribution in [2.45, 2.75) is 13.5 Å². The fraction of sp³-hybridized carbons (Fsp3) is 0.364. The Kier molecular flexibility index (Phi) is 4.76. The third-order valence-corrected chi connectivity index (χ3v) is 3.02. The molecule has 0 heterocycles. The number of halogens is 1. The van der Waals surface area contributed by atoms with E-state index in [1.54, 1.807) is 0 Å². The number of anilines is 1. The van der Waals surface area contributed by atoms with E-state index in [0.717, 1.165) is 16.6 Å². The average molecular weight is 286 g/mol. The van der Waals surface area contributed by atoms with Gasteiger partial charge in [-0.2, -0.15) is 0 Å². The maximum absolute atomic E-state index is 10.8. The summed E-state index contributed by atoms with van der Waals surface area (Å²) in [5.41, 5.74) is 12.7. The van der Waals surface area contributed by atoms with Crippen LogP contribution in [0.3, 0.4) is 0 Å². The van der Waals surface area contributed by atoms with Gasteiger partial charge in [-0.3, -0.25) is 9.69 Å². The van der Waals surface area contributed by atoms with Crippen LogP contribution in [-0.2, 0) is 11.3 Å². The molecule has 0 aliphatic rings. The van der Waals surface area contributed by atoms with Crippen LogP contribution < -0.4 is 11.5 Å². The van der Waals surface area contributed by atoms with Crippen LogP contribution >= 0.6 is 15.9 Å². The zero-order valence-corrected chi connectivity index (χ0v) is 10.8. The number of nitrogens with two attached hydrogens (primary N) is 2. The van der Waals surface area contributed by atoms with Crippen molar-refractivity contribution < 1.29 is 4.79 Å². The molecule has 0 spiro atoms. The number of hydrogen-bond donors (Lipinski definition) is 2. The molecule has 1 rings (SSSR count). The van der Waals surface area contributed by atoms with Crippen molar-refractivity contribution in [2.24, 2.45) is 5.73 Å². The summed E-state index contributed by atoms with van der Waals surface area (Å²) in [5, 5.41) is 0. The molecule has 1 aromatic carbocycles. The van der Waals surface area contributed by atoms with Gasteiger partial charge in [0.1, 0.15) is 0 Å². The van der Waals surface area contributed by atoms with Crippen LogP contribution in [0.5, 0.6) is 0 Å². The highest BCUT2D eigenvalue weighted by molar-refractivity contribution is 9.10.